The Morgan fingerprint density at radius 3 is 2.56 bits per heavy atom. The number of rotatable bonds is 4. The highest BCUT2D eigenvalue weighted by molar-refractivity contribution is 5.93. The van der Waals surface area contributed by atoms with Gasteiger partial charge in [-0.1, -0.05) is 5.16 Å². The van der Waals surface area contributed by atoms with Crippen LogP contribution in [-0.2, 0) is 4.79 Å². The van der Waals surface area contributed by atoms with Gasteiger partial charge >= 0.3 is 0 Å². The first-order valence-electron chi connectivity index (χ1n) is 8.42. The fourth-order valence-electron chi connectivity index (χ4n) is 3.12. The van der Waals surface area contributed by atoms with E-state index in [-0.39, 0.29) is 35.3 Å². The average molecular weight is 343 g/mol. The summed E-state index contributed by atoms with van der Waals surface area (Å²) in [6.07, 6.45) is 2.43. The van der Waals surface area contributed by atoms with Crippen molar-refractivity contribution in [3.8, 4) is 11.3 Å². The van der Waals surface area contributed by atoms with Gasteiger partial charge in [-0.15, -0.1) is 0 Å². The van der Waals surface area contributed by atoms with Crippen LogP contribution in [-0.4, -0.2) is 41.0 Å². The number of hydrogen-bond acceptors (Lipinski definition) is 4. The zero-order chi connectivity index (χ0) is 17.4. The Balaban J connectivity index is 1.32. The standard InChI is InChI=1S/C18H18FN3O3/c19-13-4-2-11(3-5-13)16-10-15(21-25-16)17(23)20-14-8-12(9-14)18(24)22-6-1-7-22/h2-5,10,12,14H,1,6-9H2,(H,20,23)/t12-,14-. The Labute approximate surface area is 144 Å². The van der Waals surface area contributed by atoms with Crippen molar-refractivity contribution in [1.82, 2.24) is 15.4 Å². The first-order valence-corrected chi connectivity index (χ1v) is 8.42. The molecule has 6 nitrogen and oxygen atoms in total. The van der Waals surface area contributed by atoms with E-state index in [0.717, 1.165) is 19.5 Å². The van der Waals surface area contributed by atoms with Crippen LogP contribution in [0, 0.1) is 11.7 Å². The molecule has 130 valence electrons. The number of benzene rings is 1. The monoisotopic (exact) mass is 343 g/mol. The molecule has 1 aliphatic carbocycles. The van der Waals surface area contributed by atoms with E-state index in [0.29, 0.717) is 24.2 Å². The molecular formula is C18H18FN3O3. The molecule has 0 radical (unpaired) electrons. The predicted octanol–water partition coefficient (Wildman–Crippen LogP) is 2.22. The van der Waals surface area contributed by atoms with Crippen molar-refractivity contribution >= 4 is 11.8 Å². The van der Waals surface area contributed by atoms with Crippen molar-refractivity contribution in [2.45, 2.75) is 25.3 Å². The molecule has 7 heteroatoms. The molecule has 1 aliphatic heterocycles. The highest BCUT2D eigenvalue weighted by Crippen LogP contribution is 2.31. The van der Waals surface area contributed by atoms with Crippen LogP contribution in [0.4, 0.5) is 4.39 Å². The molecule has 2 aromatic rings. The molecule has 2 heterocycles. The third kappa shape index (κ3) is 3.14. The second-order valence-electron chi connectivity index (χ2n) is 6.60. The van der Waals surface area contributed by atoms with E-state index in [1.165, 1.54) is 18.2 Å². The maximum atomic E-state index is 13.0. The number of hydrogen-bond donors (Lipinski definition) is 1. The summed E-state index contributed by atoms with van der Waals surface area (Å²) in [6.45, 7) is 1.72. The van der Waals surface area contributed by atoms with E-state index in [4.69, 9.17) is 4.52 Å². The van der Waals surface area contributed by atoms with Gasteiger partial charge in [-0.05, 0) is 43.5 Å². The summed E-state index contributed by atoms with van der Waals surface area (Å²) in [5, 5.41) is 6.65. The minimum Gasteiger partial charge on any atom is -0.355 e. The zero-order valence-electron chi connectivity index (χ0n) is 13.6. The number of amides is 2. The van der Waals surface area contributed by atoms with Crippen LogP contribution >= 0.6 is 0 Å². The molecule has 0 spiro atoms. The van der Waals surface area contributed by atoms with Crippen LogP contribution in [0.3, 0.4) is 0 Å². The molecule has 1 N–H and O–H groups in total. The first kappa shape index (κ1) is 15.8. The molecule has 4 rings (SSSR count). The molecule has 0 bridgehead atoms. The second kappa shape index (κ2) is 6.31. The maximum absolute atomic E-state index is 13.0. The van der Waals surface area contributed by atoms with Gasteiger partial charge in [0.1, 0.15) is 5.82 Å². The van der Waals surface area contributed by atoms with Gasteiger partial charge in [0.25, 0.3) is 5.91 Å². The van der Waals surface area contributed by atoms with Gasteiger partial charge in [0, 0.05) is 36.7 Å². The number of likely N-dealkylation sites (tertiary alicyclic amines) is 1. The molecular weight excluding hydrogens is 325 g/mol. The lowest BCUT2D eigenvalue weighted by Crippen LogP contribution is -2.53. The minimum absolute atomic E-state index is 0.00584. The summed E-state index contributed by atoms with van der Waals surface area (Å²) in [5.41, 5.74) is 0.827. The first-order chi connectivity index (χ1) is 12.1. The van der Waals surface area contributed by atoms with Gasteiger partial charge in [-0.2, -0.15) is 0 Å². The lowest BCUT2D eigenvalue weighted by Gasteiger charge is -2.40. The Morgan fingerprint density at radius 1 is 1.20 bits per heavy atom. The number of nitrogens with zero attached hydrogens (tertiary/aromatic N) is 2. The normalized spacial score (nSPS) is 22.0. The third-order valence-corrected chi connectivity index (χ3v) is 4.86. The van der Waals surface area contributed by atoms with Gasteiger partial charge in [0.05, 0.1) is 0 Å². The Bertz CT molecular complexity index is 792. The largest absolute Gasteiger partial charge is 0.355 e. The van der Waals surface area contributed by atoms with Crippen molar-refractivity contribution in [2.75, 3.05) is 13.1 Å². The zero-order valence-corrected chi connectivity index (χ0v) is 13.6. The Kier molecular flexibility index (Phi) is 3.99. The lowest BCUT2D eigenvalue weighted by molar-refractivity contribution is -0.142. The highest BCUT2D eigenvalue weighted by Gasteiger charge is 2.39. The maximum Gasteiger partial charge on any atom is 0.273 e. The van der Waals surface area contributed by atoms with Crippen LogP contribution in [0.5, 0.6) is 0 Å². The molecule has 25 heavy (non-hydrogen) atoms. The van der Waals surface area contributed by atoms with Gasteiger partial charge in [-0.3, -0.25) is 9.59 Å². The summed E-state index contributed by atoms with van der Waals surface area (Å²) in [5.74, 6) is -0.0235. The van der Waals surface area contributed by atoms with Crippen molar-refractivity contribution in [2.24, 2.45) is 5.92 Å². The van der Waals surface area contributed by atoms with E-state index in [2.05, 4.69) is 10.5 Å². The summed E-state index contributed by atoms with van der Waals surface area (Å²) in [4.78, 5) is 26.2. The molecule has 2 fully saturated rings. The van der Waals surface area contributed by atoms with Crippen LogP contribution in [0.2, 0.25) is 0 Å². The van der Waals surface area contributed by atoms with E-state index >= 15 is 0 Å². The van der Waals surface area contributed by atoms with Crippen molar-refractivity contribution in [1.29, 1.82) is 0 Å². The van der Waals surface area contributed by atoms with E-state index in [1.54, 1.807) is 12.1 Å². The van der Waals surface area contributed by atoms with Crippen LogP contribution in [0.25, 0.3) is 11.3 Å². The fraction of sp³-hybridized carbons (Fsp3) is 0.389. The Morgan fingerprint density at radius 2 is 1.92 bits per heavy atom. The van der Waals surface area contributed by atoms with E-state index in [1.807, 2.05) is 4.90 Å². The molecule has 2 aliphatic rings. The van der Waals surface area contributed by atoms with E-state index < -0.39 is 0 Å². The van der Waals surface area contributed by atoms with Gasteiger partial charge in [-0.25, -0.2) is 4.39 Å². The highest BCUT2D eigenvalue weighted by atomic mass is 19.1. The van der Waals surface area contributed by atoms with E-state index in [9.17, 15) is 14.0 Å². The smallest absolute Gasteiger partial charge is 0.273 e. The van der Waals surface area contributed by atoms with Gasteiger partial charge < -0.3 is 14.7 Å². The topological polar surface area (TPSA) is 75.4 Å². The van der Waals surface area contributed by atoms with Crippen molar-refractivity contribution in [3.05, 3.63) is 41.8 Å². The van der Waals surface area contributed by atoms with Crippen molar-refractivity contribution in [3.63, 3.8) is 0 Å². The van der Waals surface area contributed by atoms with Crippen LogP contribution in [0.15, 0.2) is 34.9 Å². The quantitative estimate of drug-likeness (QED) is 0.924. The molecule has 0 unspecified atom stereocenters. The number of carbonyl (C=O) groups is 2. The lowest BCUT2D eigenvalue weighted by atomic mass is 9.78. The SMILES string of the molecule is O=C(N[C@H]1C[C@H](C(=O)N2CCC2)C1)c1cc(-c2ccc(F)cc2)on1. The predicted molar refractivity (Wildman–Crippen MR) is 87.1 cm³/mol. The molecule has 0 atom stereocenters. The second-order valence-corrected chi connectivity index (χ2v) is 6.60. The number of aromatic nitrogens is 1. The molecule has 1 aromatic heterocycles. The molecule has 1 aromatic carbocycles. The fourth-order valence-corrected chi connectivity index (χ4v) is 3.12. The number of halogens is 1. The Hall–Kier alpha value is -2.70. The van der Waals surface area contributed by atoms with Gasteiger partial charge in [0.15, 0.2) is 11.5 Å². The summed E-state index contributed by atoms with van der Waals surface area (Å²) in [7, 11) is 0. The summed E-state index contributed by atoms with van der Waals surface area (Å²) >= 11 is 0. The third-order valence-electron chi connectivity index (χ3n) is 4.86. The van der Waals surface area contributed by atoms with Gasteiger partial charge in [0.2, 0.25) is 5.91 Å². The van der Waals surface area contributed by atoms with Crippen LogP contribution < -0.4 is 5.32 Å². The number of carbonyl (C=O) groups excluding carboxylic acids is 2. The van der Waals surface area contributed by atoms with Crippen LogP contribution in [0.1, 0.15) is 29.8 Å². The molecule has 2 amide bonds. The minimum atomic E-state index is -0.339. The van der Waals surface area contributed by atoms with Crippen molar-refractivity contribution < 1.29 is 18.5 Å². The summed E-state index contributed by atoms with van der Waals surface area (Å²) < 4.78 is 18.1. The average Bonchev–Trinajstić information content (AvgIpc) is 2.99. The number of nitrogens with one attached hydrogen (secondary N) is 1. The molecule has 1 saturated heterocycles. The summed E-state index contributed by atoms with van der Waals surface area (Å²) in [6, 6.07) is 7.30. The molecule has 1 saturated carbocycles.